The van der Waals surface area contributed by atoms with E-state index in [0.29, 0.717) is 13.0 Å². The second kappa shape index (κ2) is 7.56. The first-order valence-electron chi connectivity index (χ1n) is 6.61. The molecule has 0 saturated carbocycles. The monoisotopic (exact) mass is 263 g/mol. The maximum absolute atomic E-state index is 11.9. The van der Waals surface area contributed by atoms with E-state index in [4.69, 9.17) is 4.74 Å². The van der Waals surface area contributed by atoms with Crippen molar-refractivity contribution in [1.82, 2.24) is 5.32 Å². The number of alkyl carbamates (subject to hydrolysis) is 1. The quantitative estimate of drug-likeness (QED) is 0.858. The molecular formula is C15H21NO3. The standard InChI is InChI=1S/C15H21NO3/c1-4-13(17)11(3)14(16-15(18)19-5-2)12-9-7-6-8-10-12/h6-11,14H,4-5H2,1-3H3,(H,16,18). The average molecular weight is 263 g/mol. The van der Waals surface area contributed by atoms with Gasteiger partial charge in [-0.25, -0.2) is 4.79 Å². The molecule has 0 heterocycles. The molecule has 2 atom stereocenters. The molecule has 4 heteroatoms. The first kappa shape index (κ1) is 15.2. The Bertz CT molecular complexity index is 417. The average Bonchev–Trinajstić information content (AvgIpc) is 2.44. The molecule has 0 aliphatic rings. The van der Waals surface area contributed by atoms with Gasteiger partial charge < -0.3 is 10.1 Å². The van der Waals surface area contributed by atoms with Gasteiger partial charge in [0, 0.05) is 12.3 Å². The number of Topliss-reactive ketones (excluding diaryl/α,β-unsaturated/α-hetero) is 1. The highest BCUT2D eigenvalue weighted by atomic mass is 16.5. The van der Waals surface area contributed by atoms with Gasteiger partial charge in [0.2, 0.25) is 0 Å². The van der Waals surface area contributed by atoms with E-state index in [9.17, 15) is 9.59 Å². The molecule has 1 N–H and O–H groups in total. The zero-order valence-electron chi connectivity index (χ0n) is 11.7. The third-order valence-electron chi connectivity index (χ3n) is 3.06. The number of hydrogen-bond acceptors (Lipinski definition) is 3. The number of ether oxygens (including phenoxy) is 1. The van der Waals surface area contributed by atoms with Gasteiger partial charge in [-0.15, -0.1) is 0 Å². The van der Waals surface area contributed by atoms with Crippen LogP contribution < -0.4 is 5.32 Å². The van der Waals surface area contributed by atoms with Gasteiger partial charge in [-0.1, -0.05) is 44.2 Å². The molecule has 0 bridgehead atoms. The van der Waals surface area contributed by atoms with Crippen molar-refractivity contribution in [2.24, 2.45) is 5.92 Å². The Labute approximate surface area is 114 Å². The minimum absolute atomic E-state index is 0.116. The lowest BCUT2D eigenvalue weighted by Crippen LogP contribution is -2.35. The van der Waals surface area contributed by atoms with Crippen LogP contribution >= 0.6 is 0 Å². The number of carbonyl (C=O) groups excluding carboxylic acids is 2. The summed E-state index contributed by atoms with van der Waals surface area (Å²) in [7, 11) is 0. The minimum Gasteiger partial charge on any atom is -0.450 e. The van der Waals surface area contributed by atoms with Crippen LogP contribution in [-0.2, 0) is 9.53 Å². The summed E-state index contributed by atoms with van der Waals surface area (Å²) in [4.78, 5) is 23.5. The first-order valence-corrected chi connectivity index (χ1v) is 6.61. The summed E-state index contributed by atoms with van der Waals surface area (Å²) in [5.74, 6) is -0.164. The molecule has 0 radical (unpaired) electrons. The SMILES string of the molecule is CCOC(=O)NC(c1ccccc1)C(C)C(=O)CC. The number of amides is 1. The van der Waals surface area contributed by atoms with Crippen LogP contribution in [0.4, 0.5) is 4.79 Å². The molecule has 4 nitrogen and oxygen atoms in total. The zero-order chi connectivity index (χ0) is 14.3. The van der Waals surface area contributed by atoms with Crippen molar-refractivity contribution < 1.29 is 14.3 Å². The van der Waals surface area contributed by atoms with Gasteiger partial charge in [0.05, 0.1) is 12.6 Å². The van der Waals surface area contributed by atoms with Crippen LogP contribution in [0.3, 0.4) is 0 Å². The Hall–Kier alpha value is -1.84. The van der Waals surface area contributed by atoms with Crippen LogP contribution in [0, 0.1) is 5.92 Å². The predicted octanol–water partition coefficient (Wildman–Crippen LogP) is 3.09. The molecule has 2 unspecified atom stereocenters. The molecule has 1 amide bonds. The Morgan fingerprint density at radius 2 is 1.84 bits per heavy atom. The van der Waals surface area contributed by atoms with Gasteiger partial charge in [0.1, 0.15) is 5.78 Å². The van der Waals surface area contributed by atoms with E-state index in [-0.39, 0.29) is 17.7 Å². The van der Waals surface area contributed by atoms with E-state index >= 15 is 0 Å². The molecule has 0 saturated heterocycles. The summed E-state index contributed by atoms with van der Waals surface area (Å²) in [5.41, 5.74) is 0.907. The van der Waals surface area contributed by atoms with Crippen LogP contribution in [0.2, 0.25) is 0 Å². The fourth-order valence-electron chi connectivity index (χ4n) is 1.96. The van der Waals surface area contributed by atoms with Gasteiger partial charge >= 0.3 is 6.09 Å². The van der Waals surface area contributed by atoms with Crippen molar-refractivity contribution in [3.63, 3.8) is 0 Å². The Morgan fingerprint density at radius 3 is 2.37 bits per heavy atom. The van der Waals surface area contributed by atoms with E-state index in [1.54, 1.807) is 6.92 Å². The van der Waals surface area contributed by atoms with Crippen LogP contribution in [0.5, 0.6) is 0 Å². The summed E-state index contributed by atoms with van der Waals surface area (Å²) >= 11 is 0. The third-order valence-corrected chi connectivity index (χ3v) is 3.06. The van der Waals surface area contributed by atoms with Crippen molar-refractivity contribution in [2.45, 2.75) is 33.2 Å². The van der Waals surface area contributed by atoms with E-state index in [1.807, 2.05) is 44.2 Å². The predicted molar refractivity (Wildman–Crippen MR) is 73.8 cm³/mol. The molecule has 0 aromatic heterocycles. The van der Waals surface area contributed by atoms with Crippen molar-refractivity contribution in [3.05, 3.63) is 35.9 Å². The van der Waals surface area contributed by atoms with Gasteiger partial charge in [-0.05, 0) is 12.5 Å². The van der Waals surface area contributed by atoms with Crippen LogP contribution in [0.25, 0.3) is 0 Å². The molecule has 0 aliphatic heterocycles. The maximum atomic E-state index is 11.9. The number of ketones is 1. The number of carbonyl (C=O) groups is 2. The smallest absolute Gasteiger partial charge is 0.407 e. The van der Waals surface area contributed by atoms with Gasteiger partial charge in [-0.2, -0.15) is 0 Å². The van der Waals surface area contributed by atoms with E-state index in [0.717, 1.165) is 5.56 Å². The topological polar surface area (TPSA) is 55.4 Å². The van der Waals surface area contributed by atoms with Crippen molar-refractivity contribution in [3.8, 4) is 0 Å². The van der Waals surface area contributed by atoms with Crippen molar-refractivity contribution in [2.75, 3.05) is 6.61 Å². The minimum atomic E-state index is -0.493. The molecule has 0 spiro atoms. The largest absolute Gasteiger partial charge is 0.450 e. The Morgan fingerprint density at radius 1 is 1.21 bits per heavy atom. The molecule has 104 valence electrons. The summed E-state index contributed by atoms with van der Waals surface area (Å²) < 4.78 is 4.90. The zero-order valence-corrected chi connectivity index (χ0v) is 11.7. The molecule has 1 rings (SSSR count). The normalized spacial score (nSPS) is 13.4. The van der Waals surface area contributed by atoms with Crippen molar-refractivity contribution in [1.29, 1.82) is 0 Å². The van der Waals surface area contributed by atoms with Gasteiger partial charge in [-0.3, -0.25) is 4.79 Å². The maximum Gasteiger partial charge on any atom is 0.407 e. The van der Waals surface area contributed by atoms with Gasteiger partial charge in [0.15, 0.2) is 0 Å². The van der Waals surface area contributed by atoms with Crippen LogP contribution in [0.1, 0.15) is 38.8 Å². The molecule has 0 fully saturated rings. The highest BCUT2D eigenvalue weighted by molar-refractivity contribution is 5.82. The molecule has 0 aliphatic carbocycles. The van der Waals surface area contributed by atoms with Crippen molar-refractivity contribution >= 4 is 11.9 Å². The molecule has 19 heavy (non-hydrogen) atoms. The fourth-order valence-corrected chi connectivity index (χ4v) is 1.96. The number of rotatable bonds is 6. The van der Waals surface area contributed by atoms with Crippen LogP contribution in [0.15, 0.2) is 30.3 Å². The summed E-state index contributed by atoms with van der Waals surface area (Å²) in [5, 5.41) is 2.77. The summed E-state index contributed by atoms with van der Waals surface area (Å²) in [6.07, 6.45) is -0.0400. The first-order chi connectivity index (χ1) is 9.10. The fraction of sp³-hybridized carbons (Fsp3) is 0.467. The van der Waals surface area contributed by atoms with E-state index in [1.165, 1.54) is 0 Å². The number of benzene rings is 1. The highest BCUT2D eigenvalue weighted by Crippen LogP contribution is 2.23. The Kier molecular flexibility index (Phi) is 6.06. The lowest BCUT2D eigenvalue weighted by molar-refractivity contribution is -0.122. The third kappa shape index (κ3) is 4.39. The summed E-state index contributed by atoms with van der Waals surface area (Å²) in [6, 6.07) is 9.12. The van der Waals surface area contributed by atoms with E-state index in [2.05, 4.69) is 5.32 Å². The lowest BCUT2D eigenvalue weighted by atomic mass is 9.90. The van der Waals surface area contributed by atoms with E-state index < -0.39 is 6.09 Å². The van der Waals surface area contributed by atoms with Gasteiger partial charge in [0.25, 0.3) is 0 Å². The molecular weight excluding hydrogens is 242 g/mol. The molecule has 1 aromatic carbocycles. The second-order valence-corrected chi connectivity index (χ2v) is 4.36. The second-order valence-electron chi connectivity index (χ2n) is 4.36. The Balaban J connectivity index is 2.91. The number of hydrogen-bond donors (Lipinski definition) is 1. The number of nitrogens with one attached hydrogen (secondary N) is 1. The highest BCUT2D eigenvalue weighted by Gasteiger charge is 2.26. The summed E-state index contributed by atoms with van der Waals surface area (Å²) in [6.45, 7) is 5.71. The van der Waals surface area contributed by atoms with Crippen LogP contribution in [-0.4, -0.2) is 18.5 Å². The lowest BCUT2D eigenvalue weighted by Gasteiger charge is -2.24. The molecule has 1 aromatic rings.